The van der Waals surface area contributed by atoms with Crippen molar-refractivity contribution in [2.24, 2.45) is 10.2 Å². The van der Waals surface area contributed by atoms with Gasteiger partial charge in [0.1, 0.15) is 21.4 Å². The number of ether oxygens (including phenoxy) is 1. The summed E-state index contributed by atoms with van der Waals surface area (Å²) in [6, 6.07) is 15.9. The number of fused-ring (bicyclic) bond motifs is 1. The first-order valence-electron chi connectivity index (χ1n) is 11.7. The number of azo groups is 1. The van der Waals surface area contributed by atoms with Gasteiger partial charge in [-0.05, 0) is 54.6 Å². The molecule has 0 aliphatic rings. The van der Waals surface area contributed by atoms with Crippen molar-refractivity contribution in [3.63, 3.8) is 0 Å². The summed E-state index contributed by atoms with van der Waals surface area (Å²) in [5.41, 5.74) is 0.801. The fraction of sp³-hybridized carbons (Fsp3) is 0.148. The van der Waals surface area contributed by atoms with Crippen LogP contribution in [0.25, 0.3) is 10.8 Å². The average Bonchev–Trinajstić information content (AvgIpc) is 2.89. The molecule has 0 aliphatic heterocycles. The Labute approximate surface area is 234 Å². The lowest BCUT2D eigenvalue weighted by atomic mass is 10.0. The first kappa shape index (κ1) is 28.3. The van der Waals surface area contributed by atoms with E-state index in [1.807, 2.05) is 6.92 Å². The number of phenolic OH excluding ortho intramolecular Hbond substituents is 1. The Bertz CT molecular complexity index is 1720. The quantitative estimate of drug-likeness (QED) is 0.142. The van der Waals surface area contributed by atoms with Crippen LogP contribution >= 0.6 is 23.2 Å². The zero-order valence-corrected chi connectivity index (χ0v) is 23.1. The minimum absolute atomic E-state index is 0.0180. The minimum atomic E-state index is -4.54. The molecule has 0 spiro atoms. The second-order valence-electron chi connectivity index (χ2n) is 8.25. The van der Waals surface area contributed by atoms with Crippen LogP contribution in [0.5, 0.6) is 11.5 Å². The zero-order chi connectivity index (χ0) is 28.3. The van der Waals surface area contributed by atoms with E-state index < -0.39 is 26.7 Å². The summed E-state index contributed by atoms with van der Waals surface area (Å²) in [5.74, 6) is -0.662. The van der Waals surface area contributed by atoms with Crippen LogP contribution < -0.4 is 10.1 Å². The molecule has 39 heavy (non-hydrogen) atoms. The van der Waals surface area contributed by atoms with E-state index in [1.54, 1.807) is 49.4 Å². The van der Waals surface area contributed by atoms with Gasteiger partial charge in [-0.15, -0.1) is 5.11 Å². The van der Waals surface area contributed by atoms with Crippen LogP contribution in [0.2, 0.25) is 10.0 Å². The van der Waals surface area contributed by atoms with Gasteiger partial charge in [-0.3, -0.25) is 9.35 Å². The van der Waals surface area contributed by atoms with E-state index in [2.05, 4.69) is 15.5 Å². The third kappa shape index (κ3) is 5.84. The maximum absolute atomic E-state index is 13.3. The van der Waals surface area contributed by atoms with Crippen molar-refractivity contribution in [3.05, 3.63) is 81.8 Å². The number of carbonyl (C=O) groups excluding carboxylic acids is 1. The molecule has 12 heteroatoms. The molecule has 0 fully saturated rings. The molecule has 4 aromatic carbocycles. The number of nitrogens with one attached hydrogen (secondary N) is 1. The van der Waals surface area contributed by atoms with Crippen LogP contribution in [0.3, 0.4) is 0 Å². The van der Waals surface area contributed by atoms with Crippen LogP contribution in [0.4, 0.5) is 17.1 Å². The predicted molar refractivity (Wildman–Crippen MR) is 151 cm³/mol. The highest BCUT2D eigenvalue weighted by molar-refractivity contribution is 7.86. The lowest BCUT2D eigenvalue weighted by Crippen LogP contribution is -2.13. The number of hydrogen-bond acceptors (Lipinski definition) is 7. The predicted octanol–water partition coefficient (Wildman–Crippen LogP) is 7.73. The summed E-state index contributed by atoms with van der Waals surface area (Å²) in [7, 11) is -4.54. The molecule has 4 aromatic rings. The molecule has 0 aromatic heterocycles. The van der Waals surface area contributed by atoms with Gasteiger partial charge in [-0.1, -0.05) is 60.5 Å². The number of benzene rings is 4. The number of anilines is 1. The van der Waals surface area contributed by atoms with Gasteiger partial charge in [0, 0.05) is 5.39 Å². The van der Waals surface area contributed by atoms with Gasteiger partial charge in [0.05, 0.1) is 28.6 Å². The van der Waals surface area contributed by atoms with Crippen LogP contribution in [-0.2, 0) is 16.5 Å². The first-order valence-corrected chi connectivity index (χ1v) is 13.9. The van der Waals surface area contributed by atoms with E-state index in [-0.39, 0.29) is 33.4 Å². The Kier molecular flexibility index (Phi) is 8.41. The number of amides is 1. The average molecular weight is 588 g/mol. The van der Waals surface area contributed by atoms with Gasteiger partial charge in [-0.25, -0.2) is 0 Å². The van der Waals surface area contributed by atoms with Crippen molar-refractivity contribution < 1.29 is 27.6 Å². The fourth-order valence-corrected chi connectivity index (χ4v) is 5.38. The molecule has 0 saturated carbocycles. The standard InChI is InChI=1S/C27H23Cl2N3O6S/c1-3-16-19(12-13-22(23(16)28)39(35,36)37)31-32-25-17-9-6-5-8-15(17)14-18(26(25)33)27(34)30-20-10-7-11-21(24(20)29)38-4-2/h5-14,33H,3-4H2,1-2H3,(H,30,34)(H,35,36,37). The fourth-order valence-electron chi connectivity index (χ4n) is 3.98. The molecule has 4 rings (SSSR count). The number of phenols is 1. The molecule has 0 heterocycles. The van der Waals surface area contributed by atoms with Crippen molar-refractivity contribution in [1.82, 2.24) is 0 Å². The molecule has 0 aliphatic carbocycles. The van der Waals surface area contributed by atoms with Crippen LogP contribution in [-0.4, -0.2) is 30.6 Å². The largest absolute Gasteiger partial charge is 0.505 e. The third-order valence-electron chi connectivity index (χ3n) is 5.82. The maximum Gasteiger partial charge on any atom is 0.296 e. The van der Waals surface area contributed by atoms with Gasteiger partial charge in [0.25, 0.3) is 16.0 Å². The smallest absolute Gasteiger partial charge is 0.296 e. The van der Waals surface area contributed by atoms with Crippen LogP contribution in [0.15, 0.2) is 75.8 Å². The summed E-state index contributed by atoms with van der Waals surface area (Å²) in [6.07, 6.45) is 0.285. The minimum Gasteiger partial charge on any atom is -0.505 e. The summed E-state index contributed by atoms with van der Waals surface area (Å²) in [4.78, 5) is 12.8. The van der Waals surface area contributed by atoms with Crippen molar-refractivity contribution >= 4 is 67.1 Å². The van der Waals surface area contributed by atoms with Crippen LogP contribution in [0, 0.1) is 0 Å². The maximum atomic E-state index is 13.3. The van der Waals surface area contributed by atoms with Gasteiger partial charge < -0.3 is 15.2 Å². The van der Waals surface area contributed by atoms with E-state index in [0.29, 0.717) is 34.4 Å². The van der Waals surface area contributed by atoms with Gasteiger partial charge in [0.2, 0.25) is 0 Å². The molecule has 0 bridgehead atoms. The number of halogens is 2. The Morgan fingerprint density at radius 2 is 1.74 bits per heavy atom. The number of nitrogens with zero attached hydrogens (tertiary/aromatic N) is 2. The number of rotatable bonds is 8. The molecule has 1 amide bonds. The van der Waals surface area contributed by atoms with Gasteiger partial charge >= 0.3 is 0 Å². The lowest BCUT2D eigenvalue weighted by molar-refractivity contribution is 0.102. The molecule has 0 radical (unpaired) electrons. The van der Waals surface area contributed by atoms with Crippen molar-refractivity contribution in [1.29, 1.82) is 0 Å². The highest BCUT2D eigenvalue weighted by Gasteiger charge is 2.22. The normalized spacial score (nSPS) is 11.7. The summed E-state index contributed by atoms with van der Waals surface area (Å²) < 4.78 is 38.2. The Morgan fingerprint density at radius 3 is 2.44 bits per heavy atom. The van der Waals surface area contributed by atoms with Crippen molar-refractivity contribution in [2.75, 3.05) is 11.9 Å². The number of aromatic hydroxyl groups is 1. The summed E-state index contributed by atoms with van der Waals surface area (Å²) >= 11 is 12.6. The SMILES string of the molecule is CCOc1cccc(NC(=O)c2cc3ccccc3c(N=Nc3ccc(S(=O)(=O)O)c(Cl)c3CC)c2O)c1Cl. The molecular formula is C27H23Cl2N3O6S. The topological polar surface area (TPSA) is 138 Å². The van der Waals surface area contributed by atoms with Gasteiger partial charge in [-0.2, -0.15) is 13.5 Å². The molecular weight excluding hydrogens is 565 g/mol. The second kappa shape index (κ2) is 11.6. The second-order valence-corrected chi connectivity index (χ2v) is 10.4. The van der Waals surface area contributed by atoms with E-state index >= 15 is 0 Å². The number of hydrogen-bond donors (Lipinski definition) is 3. The van der Waals surface area contributed by atoms with Crippen molar-refractivity contribution in [2.45, 2.75) is 25.2 Å². The highest BCUT2D eigenvalue weighted by Crippen LogP contribution is 2.41. The third-order valence-corrected chi connectivity index (χ3v) is 7.65. The Morgan fingerprint density at radius 1 is 1.00 bits per heavy atom. The van der Waals surface area contributed by atoms with E-state index in [1.165, 1.54) is 12.1 Å². The van der Waals surface area contributed by atoms with Gasteiger partial charge in [0.15, 0.2) is 5.75 Å². The molecule has 9 nitrogen and oxygen atoms in total. The molecule has 0 unspecified atom stereocenters. The van der Waals surface area contributed by atoms with Crippen LogP contribution in [0.1, 0.15) is 29.8 Å². The summed E-state index contributed by atoms with van der Waals surface area (Å²) in [5, 5.41) is 23.4. The Hall–Kier alpha value is -3.70. The zero-order valence-electron chi connectivity index (χ0n) is 20.8. The van der Waals surface area contributed by atoms with Crippen molar-refractivity contribution in [3.8, 4) is 11.5 Å². The Balaban J connectivity index is 1.79. The first-order chi connectivity index (χ1) is 18.6. The monoisotopic (exact) mass is 587 g/mol. The molecule has 0 atom stereocenters. The molecule has 202 valence electrons. The van der Waals surface area contributed by atoms with E-state index in [0.717, 1.165) is 6.07 Å². The highest BCUT2D eigenvalue weighted by atomic mass is 35.5. The lowest BCUT2D eigenvalue weighted by Gasteiger charge is -2.13. The summed E-state index contributed by atoms with van der Waals surface area (Å²) in [6.45, 7) is 3.93. The van der Waals surface area contributed by atoms with E-state index in [9.17, 15) is 22.9 Å². The number of carbonyl (C=O) groups is 1. The molecule has 3 N–H and O–H groups in total. The molecule has 0 saturated heterocycles. The van der Waals surface area contributed by atoms with E-state index in [4.69, 9.17) is 27.9 Å².